The maximum absolute atomic E-state index is 10.8. The Hall–Kier alpha value is -1.92. The lowest BCUT2D eigenvalue weighted by Crippen LogP contribution is -2.12. The molecule has 2 N–H and O–H groups in total. The van der Waals surface area contributed by atoms with Crippen LogP contribution in [-0.4, -0.2) is 10.0 Å². The van der Waals surface area contributed by atoms with Gasteiger partial charge in [0.15, 0.2) is 0 Å². The first-order valence-electron chi connectivity index (χ1n) is 5.97. The highest BCUT2D eigenvalue weighted by Crippen LogP contribution is 2.21. The lowest BCUT2D eigenvalue weighted by atomic mass is 10.1. The average molecular weight is 337 g/mol. The van der Waals surface area contributed by atoms with Gasteiger partial charge in [0.25, 0.3) is 5.69 Å². The van der Waals surface area contributed by atoms with Crippen molar-refractivity contribution in [3.8, 4) is 5.75 Å². The average Bonchev–Trinajstić information content (AvgIpc) is 2.40. The van der Waals surface area contributed by atoms with Crippen molar-refractivity contribution in [2.75, 3.05) is 0 Å². The van der Waals surface area contributed by atoms with Crippen LogP contribution in [0, 0.1) is 10.1 Å². The molecular weight excluding hydrogens is 324 g/mol. The highest BCUT2D eigenvalue weighted by Gasteiger charge is 2.08. The largest absolute Gasteiger partial charge is 0.508 e. The number of phenols is 1. The van der Waals surface area contributed by atoms with E-state index in [-0.39, 0.29) is 11.4 Å². The topological polar surface area (TPSA) is 75.4 Å². The van der Waals surface area contributed by atoms with E-state index in [0.29, 0.717) is 17.6 Å². The van der Waals surface area contributed by atoms with Gasteiger partial charge in [0.2, 0.25) is 0 Å². The normalized spacial score (nSPS) is 10.4. The molecule has 0 unspecified atom stereocenters. The minimum absolute atomic E-state index is 0.0544. The Morgan fingerprint density at radius 2 is 1.95 bits per heavy atom. The highest BCUT2D eigenvalue weighted by atomic mass is 79.9. The van der Waals surface area contributed by atoms with Crippen molar-refractivity contribution in [1.29, 1.82) is 0 Å². The quantitative estimate of drug-likeness (QED) is 0.648. The smallest absolute Gasteiger partial charge is 0.270 e. The van der Waals surface area contributed by atoms with E-state index in [9.17, 15) is 15.2 Å². The van der Waals surface area contributed by atoms with Crippen LogP contribution in [0.25, 0.3) is 0 Å². The van der Waals surface area contributed by atoms with E-state index < -0.39 is 4.92 Å². The number of para-hydroxylation sites is 1. The lowest BCUT2D eigenvalue weighted by Gasteiger charge is -2.07. The number of rotatable bonds is 5. The number of nitrogens with zero attached hydrogens (tertiary/aromatic N) is 1. The molecule has 0 aliphatic carbocycles. The van der Waals surface area contributed by atoms with E-state index in [4.69, 9.17) is 0 Å². The molecule has 0 aliphatic heterocycles. The van der Waals surface area contributed by atoms with Crippen LogP contribution < -0.4 is 5.32 Å². The summed E-state index contributed by atoms with van der Waals surface area (Å²) in [6.07, 6.45) is 0. The number of hydrogen-bond donors (Lipinski definition) is 2. The van der Waals surface area contributed by atoms with Crippen molar-refractivity contribution in [3.63, 3.8) is 0 Å². The van der Waals surface area contributed by atoms with Gasteiger partial charge in [-0.3, -0.25) is 10.1 Å². The second-order valence-corrected chi connectivity index (χ2v) is 5.22. The molecule has 0 atom stereocenters. The summed E-state index contributed by atoms with van der Waals surface area (Å²) in [5.41, 5.74) is 1.65. The monoisotopic (exact) mass is 336 g/mol. The molecule has 5 nitrogen and oxygen atoms in total. The zero-order chi connectivity index (χ0) is 14.5. The summed E-state index contributed by atoms with van der Waals surface area (Å²) < 4.78 is 0.672. The third-order valence-electron chi connectivity index (χ3n) is 2.79. The Balaban J connectivity index is 2.01. The van der Waals surface area contributed by atoms with Gasteiger partial charge in [0.05, 0.1) is 4.92 Å². The van der Waals surface area contributed by atoms with Crippen LogP contribution in [0.15, 0.2) is 46.9 Å². The zero-order valence-corrected chi connectivity index (χ0v) is 12.1. The van der Waals surface area contributed by atoms with Gasteiger partial charge >= 0.3 is 0 Å². The van der Waals surface area contributed by atoms with Crippen molar-refractivity contribution in [2.45, 2.75) is 13.1 Å². The SMILES string of the molecule is O=[N+]([O-])c1cc(Br)cc(CNCc2ccccc2O)c1. The van der Waals surface area contributed by atoms with Gasteiger partial charge < -0.3 is 10.4 Å². The van der Waals surface area contributed by atoms with E-state index in [1.807, 2.05) is 18.2 Å². The summed E-state index contributed by atoms with van der Waals surface area (Å²) in [4.78, 5) is 10.4. The molecule has 2 aromatic carbocycles. The van der Waals surface area contributed by atoms with Crippen LogP contribution in [0.1, 0.15) is 11.1 Å². The maximum atomic E-state index is 10.8. The van der Waals surface area contributed by atoms with Crippen LogP contribution in [0.2, 0.25) is 0 Å². The van der Waals surface area contributed by atoms with Crippen molar-refractivity contribution in [2.24, 2.45) is 0 Å². The van der Waals surface area contributed by atoms with Gasteiger partial charge in [-0.1, -0.05) is 34.1 Å². The van der Waals surface area contributed by atoms with Crippen LogP contribution >= 0.6 is 15.9 Å². The molecule has 20 heavy (non-hydrogen) atoms. The standard InChI is InChI=1S/C14H13BrN2O3/c15-12-5-10(6-13(7-12)17(19)20)8-16-9-11-3-1-2-4-14(11)18/h1-7,16,18H,8-9H2. The number of benzene rings is 2. The number of nitrogens with one attached hydrogen (secondary N) is 1. The second kappa shape index (κ2) is 6.49. The van der Waals surface area contributed by atoms with Crippen LogP contribution in [0.3, 0.4) is 0 Å². The van der Waals surface area contributed by atoms with E-state index in [1.165, 1.54) is 12.1 Å². The van der Waals surface area contributed by atoms with Crippen LogP contribution in [-0.2, 0) is 13.1 Å². The molecule has 0 amide bonds. The molecule has 6 heteroatoms. The van der Waals surface area contributed by atoms with Crippen molar-refractivity contribution in [1.82, 2.24) is 5.32 Å². The predicted molar refractivity (Wildman–Crippen MR) is 79.4 cm³/mol. The van der Waals surface area contributed by atoms with E-state index in [2.05, 4.69) is 21.2 Å². The summed E-state index contributed by atoms with van der Waals surface area (Å²) >= 11 is 3.26. The zero-order valence-electron chi connectivity index (χ0n) is 10.5. The van der Waals surface area contributed by atoms with Gasteiger partial charge in [-0.25, -0.2) is 0 Å². The molecule has 0 spiro atoms. The van der Waals surface area contributed by atoms with Crippen molar-refractivity contribution in [3.05, 3.63) is 68.2 Å². The number of phenolic OH excluding ortho intramolecular Hbond substituents is 1. The molecule has 0 saturated heterocycles. The fraction of sp³-hybridized carbons (Fsp3) is 0.143. The first-order valence-corrected chi connectivity index (χ1v) is 6.77. The maximum Gasteiger partial charge on any atom is 0.270 e. The Morgan fingerprint density at radius 1 is 1.20 bits per heavy atom. The number of halogens is 1. The molecule has 0 aliphatic rings. The van der Waals surface area contributed by atoms with Crippen LogP contribution in [0.5, 0.6) is 5.75 Å². The molecule has 2 aromatic rings. The van der Waals surface area contributed by atoms with E-state index >= 15 is 0 Å². The van der Waals surface area contributed by atoms with E-state index in [0.717, 1.165) is 11.1 Å². The van der Waals surface area contributed by atoms with Gasteiger partial charge in [0.1, 0.15) is 5.75 Å². The third kappa shape index (κ3) is 3.79. The molecule has 0 heterocycles. The molecule has 0 fully saturated rings. The van der Waals surface area contributed by atoms with E-state index in [1.54, 1.807) is 12.1 Å². The number of non-ortho nitro benzene ring substituents is 1. The highest BCUT2D eigenvalue weighted by molar-refractivity contribution is 9.10. The van der Waals surface area contributed by atoms with Crippen LogP contribution in [0.4, 0.5) is 5.69 Å². The molecular formula is C14H13BrN2O3. The van der Waals surface area contributed by atoms with Gasteiger partial charge in [0, 0.05) is 35.3 Å². The second-order valence-electron chi connectivity index (χ2n) is 4.31. The predicted octanol–water partition coefficient (Wildman–Crippen LogP) is 3.35. The number of hydrogen-bond acceptors (Lipinski definition) is 4. The molecule has 2 rings (SSSR count). The summed E-state index contributed by atoms with van der Waals surface area (Å²) in [6, 6.07) is 11.9. The summed E-state index contributed by atoms with van der Waals surface area (Å²) in [7, 11) is 0. The minimum atomic E-state index is -0.419. The molecule has 0 saturated carbocycles. The Bertz CT molecular complexity index is 632. The summed E-state index contributed by atoms with van der Waals surface area (Å²) in [5, 5.41) is 23.6. The van der Waals surface area contributed by atoms with Gasteiger partial charge in [-0.05, 0) is 17.7 Å². The van der Waals surface area contributed by atoms with Crippen molar-refractivity contribution < 1.29 is 10.0 Å². The van der Waals surface area contributed by atoms with Gasteiger partial charge in [-0.15, -0.1) is 0 Å². The fourth-order valence-electron chi connectivity index (χ4n) is 1.84. The number of nitro benzene ring substituents is 1. The van der Waals surface area contributed by atoms with Gasteiger partial charge in [-0.2, -0.15) is 0 Å². The first-order chi connectivity index (χ1) is 9.56. The lowest BCUT2D eigenvalue weighted by molar-refractivity contribution is -0.385. The molecule has 0 radical (unpaired) electrons. The molecule has 0 bridgehead atoms. The number of aromatic hydroxyl groups is 1. The number of nitro groups is 1. The Morgan fingerprint density at radius 3 is 2.65 bits per heavy atom. The fourth-order valence-corrected chi connectivity index (χ4v) is 2.37. The third-order valence-corrected chi connectivity index (χ3v) is 3.25. The summed E-state index contributed by atoms with van der Waals surface area (Å²) in [6.45, 7) is 0.974. The van der Waals surface area contributed by atoms with Crippen molar-refractivity contribution >= 4 is 21.6 Å². The molecule has 104 valence electrons. The first kappa shape index (κ1) is 14.5. The minimum Gasteiger partial charge on any atom is -0.508 e. The molecule has 0 aromatic heterocycles. The Kier molecular flexibility index (Phi) is 4.70. The Labute approximate surface area is 124 Å². The summed E-state index contributed by atoms with van der Waals surface area (Å²) in [5.74, 6) is 0.236.